The summed E-state index contributed by atoms with van der Waals surface area (Å²) >= 11 is 12.0. The monoisotopic (exact) mass is 434 g/mol. The molecule has 7 nitrogen and oxygen atoms in total. The van der Waals surface area contributed by atoms with Crippen molar-refractivity contribution >= 4 is 52.6 Å². The van der Waals surface area contributed by atoms with E-state index in [-0.39, 0.29) is 11.7 Å². The van der Waals surface area contributed by atoms with Gasteiger partial charge < -0.3 is 14.6 Å². The third kappa shape index (κ3) is 4.52. The van der Waals surface area contributed by atoms with Crippen molar-refractivity contribution < 1.29 is 24.2 Å². The first-order chi connectivity index (χ1) is 13.8. The second kappa shape index (κ2) is 8.55. The molecule has 1 aliphatic heterocycles. The summed E-state index contributed by atoms with van der Waals surface area (Å²) < 4.78 is 10.4. The Morgan fingerprint density at radius 3 is 2.59 bits per heavy atom. The minimum absolute atomic E-state index is 0.289. The van der Waals surface area contributed by atoms with Crippen LogP contribution in [-0.4, -0.2) is 36.4 Å². The Morgan fingerprint density at radius 2 is 1.93 bits per heavy atom. The molecule has 1 amide bonds. The number of amides is 1. The van der Waals surface area contributed by atoms with Gasteiger partial charge >= 0.3 is 5.97 Å². The Balaban J connectivity index is 1.88. The van der Waals surface area contributed by atoms with E-state index < -0.39 is 12.6 Å². The van der Waals surface area contributed by atoms with Gasteiger partial charge in [-0.15, -0.1) is 0 Å². The van der Waals surface area contributed by atoms with Gasteiger partial charge in [-0.25, -0.2) is 4.79 Å². The number of methoxy groups -OCH3 is 1. The summed E-state index contributed by atoms with van der Waals surface area (Å²) in [6.45, 7) is 1.24. The van der Waals surface area contributed by atoms with Crippen LogP contribution in [0.15, 0.2) is 47.1 Å². The van der Waals surface area contributed by atoms with Crippen molar-refractivity contribution in [2.24, 2.45) is 5.10 Å². The number of carboxylic acids is 1. The minimum atomic E-state index is -1.09. The summed E-state index contributed by atoms with van der Waals surface area (Å²) in [7, 11) is 1.44. The normalized spacial score (nSPS) is 14.9. The lowest BCUT2D eigenvalue weighted by atomic mass is 10.1. The van der Waals surface area contributed by atoms with Crippen LogP contribution >= 0.6 is 23.2 Å². The smallest absolute Gasteiger partial charge is 0.341 e. The summed E-state index contributed by atoms with van der Waals surface area (Å²) in [6, 6.07) is 9.74. The maximum Gasteiger partial charge on any atom is 0.341 e. The molecule has 0 bridgehead atoms. The number of rotatable bonds is 6. The average Bonchev–Trinajstić information content (AvgIpc) is 2.97. The SMILES string of the molecule is COc1cc(/C=C2\C(=O)N(c3ccc(Cl)c(Cl)c3)N=C2C)ccc1OCC(=O)O. The first-order valence-corrected chi connectivity index (χ1v) is 9.15. The Labute approximate surface area is 176 Å². The number of ether oxygens (including phenoxy) is 2. The van der Waals surface area contributed by atoms with Gasteiger partial charge in [-0.2, -0.15) is 10.1 Å². The molecular formula is C20H16Cl2N2O5. The highest BCUT2D eigenvalue weighted by Gasteiger charge is 2.29. The molecule has 1 N–H and O–H groups in total. The van der Waals surface area contributed by atoms with Crippen LogP contribution in [0.2, 0.25) is 10.0 Å². The van der Waals surface area contributed by atoms with Gasteiger partial charge in [-0.1, -0.05) is 29.3 Å². The molecule has 0 spiro atoms. The van der Waals surface area contributed by atoms with E-state index in [4.69, 9.17) is 37.8 Å². The number of hydrogen-bond donors (Lipinski definition) is 1. The van der Waals surface area contributed by atoms with E-state index in [1.54, 1.807) is 49.4 Å². The molecule has 1 aliphatic rings. The number of hydrogen-bond acceptors (Lipinski definition) is 5. The van der Waals surface area contributed by atoms with E-state index in [2.05, 4.69) is 5.10 Å². The summed E-state index contributed by atoms with van der Waals surface area (Å²) in [5.41, 5.74) is 2.10. The highest BCUT2D eigenvalue weighted by atomic mass is 35.5. The lowest BCUT2D eigenvalue weighted by molar-refractivity contribution is -0.139. The van der Waals surface area contributed by atoms with Crippen LogP contribution in [0.5, 0.6) is 11.5 Å². The van der Waals surface area contributed by atoms with Crippen molar-refractivity contribution in [3.63, 3.8) is 0 Å². The van der Waals surface area contributed by atoms with Gasteiger partial charge in [0, 0.05) is 0 Å². The lowest BCUT2D eigenvalue weighted by Crippen LogP contribution is -2.21. The maximum absolute atomic E-state index is 12.9. The number of carboxylic acid groups (broad SMARTS) is 1. The molecule has 3 rings (SSSR count). The molecule has 150 valence electrons. The zero-order valence-electron chi connectivity index (χ0n) is 15.5. The van der Waals surface area contributed by atoms with Crippen LogP contribution in [0.3, 0.4) is 0 Å². The lowest BCUT2D eigenvalue weighted by Gasteiger charge is -2.12. The predicted octanol–water partition coefficient (Wildman–Crippen LogP) is 4.27. The standard InChI is InChI=1S/C20H16Cl2N2O5/c1-11-14(20(27)24(23-11)13-4-5-15(21)16(22)9-13)7-12-3-6-17(18(8-12)28-2)29-10-19(25)26/h3-9H,10H2,1-2H3,(H,25,26)/b14-7-. The van der Waals surface area contributed by atoms with Gasteiger partial charge in [0.15, 0.2) is 18.1 Å². The predicted molar refractivity (Wildman–Crippen MR) is 111 cm³/mol. The Bertz CT molecular complexity index is 1050. The molecule has 0 fully saturated rings. The molecule has 0 radical (unpaired) electrons. The van der Waals surface area contributed by atoms with Crippen LogP contribution in [0.4, 0.5) is 5.69 Å². The van der Waals surface area contributed by atoms with Gasteiger partial charge in [-0.3, -0.25) is 4.79 Å². The van der Waals surface area contributed by atoms with Crippen molar-refractivity contribution in [3.8, 4) is 11.5 Å². The van der Waals surface area contributed by atoms with Crippen molar-refractivity contribution in [3.05, 3.63) is 57.6 Å². The highest BCUT2D eigenvalue weighted by molar-refractivity contribution is 6.42. The molecule has 0 saturated carbocycles. The molecule has 2 aromatic rings. The fourth-order valence-electron chi connectivity index (χ4n) is 2.68. The summed E-state index contributed by atoms with van der Waals surface area (Å²) in [6.07, 6.45) is 1.67. The maximum atomic E-state index is 12.9. The van der Waals surface area contributed by atoms with Gasteiger partial charge in [0.25, 0.3) is 5.91 Å². The van der Waals surface area contributed by atoms with Crippen LogP contribution < -0.4 is 14.5 Å². The number of halogens is 2. The fourth-order valence-corrected chi connectivity index (χ4v) is 2.97. The second-order valence-electron chi connectivity index (χ2n) is 6.05. The summed E-state index contributed by atoms with van der Waals surface area (Å²) in [4.78, 5) is 23.5. The minimum Gasteiger partial charge on any atom is -0.493 e. The van der Waals surface area contributed by atoms with Gasteiger partial charge in [-0.05, 0) is 48.9 Å². The van der Waals surface area contributed by atoms with Crippen LogP contribution in [-0.2, 0) is 9.59 Å². The van der Waals surface area contributed by atoms with Gasteiger partial charge in [0.05, 0.1) is 34.1 Å². The van der Waals surface area contributed by atoms with Crippen molar-refractivity contribution in [1.82, 2.24) is 0 Å². The number of carbonyl (C=O) groups excluding carboxylic acids is 1. The summed E-state index contributed by atoms with van der Waals surface area (Å²) in [5, 5.41) is 15.0. The molecule has 0 unspecified atom stereocenters. The van der Waals surface area contributed by atoms with Gasteiger partial charge in [0.1, 0.15) is 0 Å². The van der Waals surface area contributed by atoms with E-state index >= 15 is 0 Å². The molecular weight excluding hydrogens is 419 g/mol. The fraction of sp³-hybridized carbons (Fsp3) is 0.150. The van der Waals surface area contributed by atoms with Crippen LogP contribution in [0.1, 0.15) is 12.5 Å². The Morgan fingerprint density at radius 1 is 1.17 bits per heavy atom. The van der Waals surface area contributed by atoms with E-state index in [0.717, 1.165) is 0 Å². The van der Waals surface area contributed by atoms with Crippen molar-refractivity contribution in [2.75, 3.05) is 18.7 Å². The molecule has 0 aliphatic carbocycles. The average molecular weight is 435 g/mol. The molecule has 2 aromatic carbocycles. The summed E-state index contributed by atoms with van der Waals surface area (Å²) in [5.74, 6) is -0.769. The molecule has 0 saturated heterocycles. The zero-order valence-corrected chi connectivity index (χ0v) is 17.0. The zero-order chi connectivity index (χ0) is 21.1. The third-order valence-corrected chi connectivity index (χ3v) is 4.80. The number of hydrazone groups is 1. The number of nitrogens with zero attached hydrogens (tertiary/aromatic N) is 2. The second-order valence-corrected chi connectivity index (χ2v) is 6.87. The number of aliphatic carboxylic acids is 1. The quantitative estimate of drug-likeness (QED) is 0.685. The van der Waals surface area contributed by atoms with E-state index in [1.807, 2.05) is 0 Å². The largest absolute Gasteiger partial charge is 0.493 e. The molecule has 0 atom stereocenters. The number of anilines is 1. The first-order valence-electron chi connectivity index (χ1n) is 8.39. The molecule has 0 aromatic heterocycles. The van der Waals surface area contributed by atoms with Crippen LogP contribution in [0, 0.1) is 0 Å². The number of benzene rings is 2. The number of carbonyl (C=O) groups is 2. The first kappa shape index (κ1) is 20.7. The van der Waals surface area contributed by atoms with Crippen LogP contribution in [0.25, 0.3) is 6.08 Å². The molecule has 29 heavy (non-hydrogen) atoms. The molecule has 9 heteroatoms. The van der Waals surface area contributed by atoms with Crippen molar-refractivity contribution in [1.29, 1.82) is 0 Å². The van der Waals surface area contributed by atoms with Crippen molar-refractivity contribution in [2.45, 2.75) is 6.92 Å². The Kier molecular flexibility index (Phi) is 6.10. The van der Waals surface area contributed by atoms with E-state index in [0.29, 0.717) is 38.3 Å². The topological polar surface area (TPSA) is 88.4 Å². The van der Waals surface area contributed by atoms with E-state index in [9.17, 15) is 9.59 Å². The van der Waals surface area contributed by atoms with E-state index in [1.165, 1.54) is 12.1 Å². The highest BCUT2D eigenvalue weighted by Crippen LogP contribution is 2.32. The Hall–Kier alpha value is -3.03. The van der Waals surface area contributed by atoms with Gasteiger partial charge in [0.2, 0.25) is 0 Å². The molecule has 1 heterocycles. The third-order valence-electron chi connectivity index (χ3n) is 4.06.